The summed E-state index contributed by atoms with van der Waals surface area (Å²) in [5, 5.41) is 45.7. The van der Waals surface area contributed by atoms with Crippen LogP contribution in [0, 0.1) is 57.2 Å². The smallest absolute Gasteiger partial charge is 0.160 e. The van der Waals surface area contributed by atoms with Gasteiger partial charge in [0.2, 0.25) is 0 Å². The first-order valence-electron chi connectivity index (χ1n) is 5.26. The number of nitrogens with zero attached hydrogens (tertiary/aromatic N) is 4. The van der Waals surface area contributed by atoms with Crippen molar-refractivity contribution >= 4 is 5.76 Å². The van der Waals surface area contributed by atoms with Gasteiger partial charge in [0.25, 0.3) is 0 Å². The van der Waals surface area contributed by atoms with Crippen LogP contribution in [0.4, 0.5) is 0 Å². The van der Waals surface area contributed by atoms with Crippen LogP contribution in [-0.4, -0.2) is 5.11 Å². The fraction of sp³-hybridized carbons (Fsp3) is 0.143. The van der Waals surface area contributed by atoms with E-state index in [9.17, 15) is 5.11 Å². The lowest BCUT2D eigenvalue weighted by atomic mass is 9.88. The molecule has 0 bridgehead atoms. The van der Waals surface area contributed by atoms with E-state index in [4.69, 9.17) is 21.0 Å². The Kier molecular flexibility index (Phi) is 4.68. The summed E-state index contributed by atoms with van der Waals surface area (Å²) < 4.78 is 0. The van der Waals surface area contributed by atoms with Crippen molar-refractivity contribution in [3.05, 3.63) is 41.5 Å². The summed E-state index contributed by atoms with van der Waals surface area (Å²) in [4.78, 5) is 0. The van der Waals surface area contributed by atoms with Crippen molar-refractivity contribution in [2.24, 2.45) is 11.8 Å². The molecule has 90 valence electrons. The van der Waals surface area contributed by atoms with Crippen molar-refractivity contribution in [3.63, 3.8) is 0 Å². The molecule has 0 radical (unpaired) electrons. The molecule has 0 saturated heterocycles. The highest BCUT2D eigenvalue weighted by Crippen LogP contribution is 2.27. The molecule has 0 aliphatic rings. The zero-order valence-corrected chi connectivity index (χ0v) is 9.78. The number of hydrogen-bond donors (Lipinski definition) is 1. The van der Waals surface area contributed by atoms with Crippen molar-refractivity contribution in [2.75, 3.05) is 0 Å². The monoisotopic (exact) mass is 248 g/mol. The Morgan fingerprint density at radius 3 is 1.63 bits per heavy atom. The van der Waals surface area contributed by atoms with Gasteiger partial charge >= 0.3 is 0 Å². The number of aliphatic hydroxyl groups excluding tert-OH is 1. The highest BCUT2D eigenvalue weighted by molar-refractivity contribution is 5.65. The van der Waals surface area contributed by atoms with Crippen LogP contribution in [0.5, 0.6) is 0 Å². The third kappa shape index (κ3) is 2.89. The lowest BCUT2D eigenvalue weighted by Gasteiger charge is -2.11. The van der Waals surface area contributed by atoms with Crippen LogP contribution in [0.3, 0.4) is 0 Å². The molecule has 0 unspecified atom stereocenters. The zero-order chi connectivity index (χ0) is 14.3. The second-order valence-corrected chi connectivity index (χ2v) is 3.55. The average molecular weight is 248 g/mol. The van der Waals surface area contributed by atoms with Gasteiger partial charge in [-0.05, 0) is 0 Å². The van der Waals surface area contributed by atoms with Crippen LogP contribution in [0.25, 0.3) is 5.76 Å². The van der Waals surface area contributed by atoms with E-state index in [1.807, 2.05) is 0 Å². The molecule has 0 aromatic heterocycles. The first-order chi connectivity index (χ1) is 9.19. The maximum Gasteiger partial charge on any atom is 0.160 e. The quantitative estimate of drug-likeness (QED) is 0.823. The van der Waals surface area contributed by atoms with Gasteiger partial charge in [-0.3, -0.25) is 0 Å². The maximum absolute atomic E-state index is 10.1. The lowest BCUT2D eigenvalue weighted by Crippen LogP contribution is -2.11. The second kappa shape index (κ2) is 6.45. The minimum absolute atomic E-state index is 0.179. The van der Waals surface area contributed by atoms with Gasteiger partial charge < -0.3 is 5.11 Å². The molecule has 1 rings (SSSR count). The standard InChI is InChI=1S/C14H8N4O/c15-6-11(7-16)13(12(8-17)9-18)14(19)10-4-2-1-3-5-10/h1-5,11-12,19H. The van der Waals surface area contributed by atoms with E-state index in [0.29, 0.717) is 5.56 Å². The third-order valence-corrected chi connectivity index (χ3v) is 2.46. The fourth-order valence-electron chi connectivity index (χ4n) is 1.54. The highest BCUT2D eigenvalue weighted by Gasteiger charge is 2.27. The SMILES string of the molecule is N#CC(C#N)C(=C(O)c1ccccc1)C(C#N)C#N. The summed E-state index contributed by atoms with van der Waals surface area (Å²) in [6, 6.07) is 14.9. The molecule has 0 amide bonds. The normalized spacial score (nSPS) is 8.95. The van der Waals surface area contributed by atoms with Gasteiger partial charge in [-0.15, -0.1) is 0 Å². The molecule has 1 N–H and O–H groups in total. The first kappa shape index (κ1) is 13.8. The summed E-state index contributed by atoms with van der Waals surface area (Å²) in [5.74, 6) is -3.06. The molecule has 0 spiro atoms. The Morgan fingerprint density at radius 2 is 1.26 bits per heavy atom. The van der Waals surface area contributed by atoms with E-state index in [2.05, 4.69) is 0 Å². The van der Waals surface area contributed by atoms with E-state index >= 15 is 0 Å². The van der Waals surface area contributed by atoms with Crippen LogP contribution in [0.1, 0.15) is 5.56 Å². The molecule has 1 aromatic carbocycles. The summed E-state index contributed by atoms with van der Waals surface area (Å²) in [5.41, 5.74) is 0.171. The van der Waals surface area contributed by atoms with Gasteiger partial charge in [0, 0.05) is 11.1 Å². The number of hydrogen-bond acceptors (Lipinski definition) is 5. The molecular weight excluding hydrogens is 240 g/mol. The van der Waals surface area contributed by atoms with Crippen LogP contribution in [0.2, 0.25) is 0 Å². The number of benzene rings is 1. The summed E-state index contributed by atoms with van der Waals surface area (Å²) in [6.45, 7) is 0. The van der Waals surface area contributed by atoms with Crippen LogP contribution in [-0.2, 0) is 0 Å². The topological polar surface area (TPSA) is 115 Å². The van der Waals surface area contributed by atoms with Crippen LogP contribution < -0.4 is 0 Å². The van der Waals surface area contributed by atoms with E-state index in [0.717, 1.165) is 0 Å². The Morgan fingerprint density at radius 1 is 0.842 bits per heavy atom. The van der Waals surface area contributed by atoms with Gasteiger partial charge in [0.05, 0.1) is 24.3 Å². The number of nitriles is 4. The predicted molar refractivity (Wildman–Crippen MR) is 65.4 cm³/mol. The van der Waals surface area contributed by atoms with E-state index in [1.165, 1.54) is 0 Å². The van der Waals surface area contributed by atoms with Crippen LogP contribution >= 0.6 is 0 Å². The molecular formula is C14H8N4O. The summed E-state index contributed by atoms with van der Waals surface area (Å²) >= 11 is 0. The Bertz CT molecular complexity index is 588. The minimum atomic E-state index is -1.34. The van der Waals surface area contributed by atoms with E-state index in [1.54, 1.807) is 54.6 Å². The molecule has 0 aliphatic carbocycles. The van der Waals surface area contributed by atoms with Crippen LogP contribution in [0.15, 0.2) is 35.9 Å². The molecule has 0 heterocycles. The average Bonchev–Trinajstić information content (AvgIpc) is 2.48. The Balaban J connectivity index is 3.50. The van der Waals surface area contributed by atoms with E-state index in [-0.39, 0.29) is 11.3 Å². The molecule has 19 heavy (non-hydrogen) atoms. The zero-order valence-electron chi connectivity index (χ0n) is 9.78. The molecule has 1 aromatic rings. The van der Waals surface area contributed by atoms with Gasteiger partial charge in [-0.2, -0.15) is 21.0 Å². The van der Waals surface area contributed by atoms with Crippen molar-refractivity contribution < 1.29 is 5.11 Å². The Hall–Kier alpha value is -3.28. The molecule has 0 aliphatic heterocycles. The fourth-order valence-corrected chi connectivity index (χ4v) is 1.54. The molecule has 5 nitrogen and oxygen atoms in total. The maximum atomic E-state index is 10.1. The molecule has 5 heteroatoms. The number of rotatable bonds is 3. The second-order valence-electron chi connectivity index (χ2n) is 3.55. The summed E-state index contributed by atoms with van der Waals surface area (Å²) in [7, 11) is 0. The van der Waals surface area contributed by atoms with Gasteiger partial charge in [0.1, 0.15) is 5.76 Å². The van der Waals surface area contributed by atoms with Crippen molar-refractivity contribution in [1.82, 2.24) is 0 Å². The van der Waals surface area contributed by atoms with Crippen molar-refractivity contribution in [1.29, 1.82) is 21.0 Å². The van der Waals surface area contributed by atoms with Gasteiger partial charge in [-0.25, -0.2) is 0 Å². The highest BCUT2D eigenvalue weighted by atomic mass is 16.3. The first-order valence-corrected chi connectivity index (χ1v) is 5.26. The van der Waals surface area contributed by atoms with Crippen molar-refractivity contribution in [2.45, 2.75) is 0 Å². The number of allylic oxidation sites excluding steroid dienone is 1. The lowest BCUT2D eigenvalue weighted by molar-refractivity contribution is 0.498. The minimum Gasteiger partial charge on any atom is -0.507 e. The van der Waals surface area contributed by atoms with E-state index < -0.39 is 11.8 Å². The largest absolute Gasteiger partial charge is 0.507 e. The predicted octanol–water partition coefficient (Wildman–Crippen LogP) is 2.28. The molecule has 0 fully saturated rings. The third-order valence-electron chi connectivity index (χ3n) is 2.46. The molecule has 0 atom stereocenters. The van der Waals surface area contributed by atoms with Crippen molar-refractivity contribution in [3.8, 4) is 24.3 Å². The van der Waals surface area contributed by atoms with Gasteiger partial charge in [-0.1, -0.05) is 30.3 Å². The number of aliphatic hydroxyl groups is 1. The Labute approximate surface area is 110 Å². The van der Waals surface area contributed by atoms with Gasteiger partial charge in [0.15, 0.2) is 11.8 Å². The summed E-state index contributed by atoms with van der Waals surface area (Å²) in [6.07, 6.45) is 0. The molecule has 0 saturated carbocycles.